The summed E-state index contributed by atoms with van der Waals surface area (Å²) in [5.74, 6) is 2.11. The molecule has 2 fully saturated rings. The molecule has 0 aliphatic heterocycles. The first kappa shape index (κ1) is 11.6. The molecular formula is C13H16N6O. The molecule has 2 aliphatic rings. The van der Waals surface area contributed by atoms with E-state index in [-0.39, 0.29) is 11.8 Å². The standard InChI is InChI=1S/C13H16N6O/c1-19-10(4-5-14-19)11-12(17-18-16-11)15-13(20)9-6-7-2-3-8(7)9/h4-5,7-9H,2-3,6H2,1H3,(H2,15,16,17,18,20)/t7-,8-,9?/m0/s1. The summed E-state index contributed by atoms with van der Waals surface area (Å²) in [7, 11) is 1.83. The number of aromatic amines is 1. The molecule has 2 saturated carbocycles. The molecule has 0 radical (unpaired) electrons. The van der Waals surface area contributed by atoms with Gasteiger partial charge in [0.1, 0.15) is 0 Å². The Balaban J connectivity index is 1.53. The Kier molecular flexibility index (Phi) is 2.42. The van der Waals surface area contributed by atoms with Crippen LogP contribution in [0, 0.1) is 17.8 Å². The average Bonchev–Trinajstić information content (AvgIpc) is 3.01. The number of carbonyl (C=O) groups is 1. The fourth-order valence-corrected chi connectivity index (χ4v) is 3.34. The predicted octanol–water partition coefficient (Wildman–Crippen LogP) is 1.19. The smallest absolute Gasteiger partial charge is 0.229 e. The molecule has 2 aromatic heterocycles. The molecule has 0 bridgehead atoms. The van der Waals surface area contributed by atoms with Crippen molar-refractivity contribution >= 4 is 11.7 Å². The van der Waals surface area contributed by atoms with Gasteiger partial charge in [-0.05, 0) is 37.2 Å². The quantitative estimate of drug-likeness (QED) is 0.878. The lowest BCUT2D eigenvalue weighted by molar-refractivity contribution is -0.134. The first-order valence-electron chi connectivity index (χ1n) is 6.94. The maximum atomic E-state index is 12.3. The van der Waals surface area contributed by atoms with E-state index in [1.54, 1.807) is 10.9 Å². The predicted molar refractivity (Wildman–Crippen MR) is 71.5 cm³/mol. The molecule has 3 atom stereocenters. The van der Waals surface area contributed by atoms with Crippen molar-refractivity contribution in [3.05, 3.63) is 12.3 Å². The van der Waals surface area contributed by atoms with Crippen LogP contribution in [0.1, 0.15) is 19.3 Å². The Hall–Kier alpha value is -2.18. The number of aromatic nitrogens is 5. The van der Waals surface area contributed by atoms with Crippen molar-refractivity contribution in [3.63, 3.8) is 0 Å². The SMILES string of the molecule is Cn1nccc1-c1n[nH]nc1NC(=O)C1C[C@@H]2CC[C@H]12. The second-order valence-corrected chi connectivity index (χ2v) is 5.69. The van der Waals surface area contributed by atoms with E-state index < -0.39 is 0 Å². The zero-order valence-electron chi connectivity index (χ0n) is 11.2. The van der Waals surface area contributed by atoms with Crippen LogP contribution < -0.4 is 5.32 Å². The third-order valence-corrected chi connectivity index (χ3v) is 4.74. The highest BCUT2D eigenvalue weighted by Crippen LogP contribution is 2.54. The molecular weight excluding hydrogens is 256 g/mol. The van der Waals surface area contributed by atoms with Gasteiger partial charge < -0.3 is 5.32 Å². The number of hydrogen-bond acceptors (Lipinski definition) is 4. The Bertz CT molecular complexity index is 659. The molecule has 104 valence electrons. The third-order valence-electron chi connectivity index (χ3n) is 4.74. The van der Waals surface area contributed by atoms with Gasteiger partial charge in [0.2, 0.25) is 5.91 Å². The Morgan fingerprint density at radius 1 is 1.45 bits per heavy atom. The summed E-state index contributed by atoms with van der Waals surface area (Å²) in [4.78, 5) is 12.3. The van der Waals surface area contributed by atoms with Crippen molar-refractivity contribution in [2.75, 3.05) is 5.32 Å². The van der Waals surface area contributed by atoms with Gasteiger partial charge in [-0.25, -0.2) is 0 Å². The summed E-state index contributed by atoms with van der Waals surface area (Å²) in [6, 6.07) is 1.85. The molecule has 2 aromatic rings. The van der Waals surface area contributed by atoms with E-state index in [4.69, 9.17) is 0 Å². The fraction of sp³-hybridized carbons (Fsp3) is 0.538. The second kappa shape index (κ2) is 4.16. The number of H-pyrrole nitrogens is 1. The summed E-state index contributed by atoms with van der Waals surface area (Å²) in [6.45, 7) is 0. The van der Waals surface area contributed by atoms with Gasteiger partial charge in [0.05, 0.1) is 5.69 Å². The Labute approximate surface area is 115 Å². The summed E-state index contributed by atoms with van der Waals surface area (Å²) < 4.78 is 1.71. The van der Waals surface area contributed by atoms with Crippen LogP contribution in [0.3, 0.4) is 0 Å². The second-order valence-electron chi connectivity index (χ2n) is 5.69. The fourth-order valence-electron chi connectivity index (χ4n) is 3.34. The number of carbonyl (C=O) groups excluding carboxylic acids is 1. The topological polar surface area (TPSA) is 88.5 Å². The van der Waals surface area contributed by atoms with Gasteiger partial charge in [0, 0.05) is 19.2 Å². The van der Waals surface area contributed by atoms with E-state index in [2.05, 4.69) is 25.8 Å². The van der Waals surface area contributed by atoms with Gasteiger partial charge in [0.25, 0.3) is 0 Å². The molecule has 7 heteroatoms. The lowest BCUT2D eigenvalue weighted by atomic mass is 9.53. The summed E-state index contributed by atoms with van der Waals surface area (Å²) in [5.41, 5.74) is 1.45. The number of nitrogens with one attached hydrogen (secondary N) is 2. The minimum absolute atomic E-state index is 0.0725. The highest BCUT2D eigenvalue weighted by molar-refractivity contribution is 5.95. The highest BCUT2D eigenvalue weighted by Gasteiger charge is 2.50. The van der Waals surface area contributed by atoms with Crippen LogP contribution >= 0.6 is 0 Å². The third kappa shape index (κ3) is 1.59. The van der Waals surface area contributed by atoms with Crippen LogP contribution in [0.15, 0.2) is 12.3 Å². The van der Waals surface area contributed by atoms with Crippen LogP contribution in [0.2, 0.25) is 0 Å². The van der Waals surface area contributed by atoms with E-state index in [9.17, 15) is 4.79 Å². The average molecular weight is 272 g/mol. The van der Waals surface area contributed by atoms with E-state index in [1.807, 2.05) is 13.1 Å². The summed E-state index contributed by atoms with van der Waals surface area (Å²) in [6.07, 6.45) is 5.20. The molecule has 0 saturated heterocycles. The molecule has 2 heterocycles. The van der Waals surface area contributed by atoms with Gasteiger partial charge in [-0.2, -0.15) is 15.4 Å². The van der Waals surface area contributed by atoms with Gasteiger partial charge >= 0.3 is 0 Å². The molecule has 0 spiro atoms. The van der Waals surface area contributed by atoms with Gasteiger partial charge in [-0.15, -0.1) is 5.10 Å². The number of aryl methyl sites for hydroxylation is 1. The molecule has 2 N–H and O–H groups in total. The molecule has 20 heavy (non-hydrogen) atoms. The number of nitrogens with zero attached hydrogens (tertiary/aromatic N) is 4. The highest BCUT2D eigenvalue weighted by atomic mass is 16.2. The van der Waals surface area contributed by atoms with E-state index in [1.165, 1.54) is 12.8 Å². The molecule has 0 aromatic carbocycles. The summed E-state index contributed by atoms with van der Waals surface area (Å²) in [5, 5.41) is 17.7. The number of amides is 1. The van der Waals surface area contributed by atoms with Crippen LogP contribution in [-0.4, -0.2) is 31.1 Å². The van der Waals surface area contributed by atoms with Crippen molar-refractivity contribution in [1.82, 2.24) is 25.2 Å². The van der Waals surface area contributed by atoms with Gasteiger partial charge in [0.15, 0.2) is 11.5 Å². The van der Waals surface area contributed by atoms with Crippen molar-refractivity contribution in [2.45, 2.75) is 19.3 Å². The van der Waals surface area contributed by atoms with Crippen molar-refractivity contribution in [1.29, 1.82) is 0 Å². The minimum Gasteiger partial charge on any atom is -0.307 e. The molecule has 1 unspecified atom stereocenters. The van der Waals surface area contributed by atoms with Crippen LogP contribution in [-0.2, 0) is 11.8 Å². The minimum atomic E-state index is 0.0725. The molecule has 1 amide bonds. The van der Waals surface area contributed by atoms with E-state index in [0.717, 1.165) is 18.0 Å². The number of rotatable bonds is 3. The van der Waals surface area contributed by atoms with Crippen molar-refractivity contribution in [2.24, 2.45) is 24.8 Å². The normalized spacial score (nSPS) is 27.4. The van der Waals surface area contributed by atoms with Crippen LogP contribution in [0.5, 0.6) is 0 Å². The van der Waals surface area contributed by atoms with Crippen LogP contribution in [0.4, 0.5) is 5.82 Å². The van der Waals surface area contributed by atoms with Crippen molar-refractivity contribution in [3.8, 4) is 11.4 Å². The maximum Gasteiger partial charge on any atom is 0.229 e. The molecule has 2 aliphatic carbocycles. The zero-order valence-corrected chi connectivity index (χ0v) is 11.2. The lowest BCUT2D eigenvalue weighted by Gasteiger charge is -2.52. The van der Waals surface area contributed by atoms with E-state index in [0.29, 0.717) is 17.4 Å². The van der Waals surface area contributed by atoms with Crippen LogP contribution in [0.25, 0.3) is 11.4 Å². The number of hydrogen-bond donors (Lipinski definition) is 2. The van der Waals surface area contributed by atoms with Gasteiger partial charge in [-0.3, -0.25) is 9.48 Å². The van der Waals surface area contributed by atoms with Gasteiger partial charge in [-0.1, -0.05) is 0 Å². The first-order chi connectivity index (χ1) is 9.74. The number of fused-ring (bicyclic) bond motifs is 1. The zero-order chi connectivity index (χ0) is 13.7. The summed E-state index contributed by atoms with van der Waals surface area (Å²) >= 11 is 0. The Morgan fingerprint density at radius 3 is 2.95 bits per heavy atom. The first-order valence-corrected chi connectivity index (χ1v) is 6.94. The Morgan fingerprint density at radius 2 is 2.35 bits per heavy atom. The molecule has 4 rings (SSSR count). The largest absolute Gasteiger partial charge is 0.307 e. The molecule has 7 nitrogen and oxygen atoms in total. The van der Waals surface area contributed by atoms with Crippen molar-refractivity contribution < 1.29 is 4.79 Å². The monoisotopic (exact) mass is 272 g/mol. The number of anilines is 1. The van der Waals surface area contributed by atoms with E-state index >= 15 is 0 Å². The maximum absolute atomic E-state index is 12.3. The lowest BCUT2D eigenvalue weighted by Crippen LogP contribution is -2.49.